The van der Waals surface area contributed by atoms with E-state index in [2.05, 4.69) is 34.5 Å². The number of nitrogens with zero attached hydrogens (tertiary/aromatic N) is 1. The zero-order valence-corrected chi connectivity index (χ0v) is 10.2. The molecule has 1 unspecified atom stereocenters. The lowest BCUT2D eigenvalue weighted by Gasteiger charge is -2.50. The molecule has 4 aliphatic rings. The summed E-state index contributed by atoms with van der Waals surface area (Å²) in [6, 6.07) is 10.5. The third-order valence-electron chi connectivity index (χ3n) is 5.05. The van der Waals surface area contributed by atoms with Crippen molar-refractivity contribution in [3.05, 3.63) is 29.8 Å². The Morgan fingerprint density at radius 2 is 1.88 bits per heavy atom. The molecule has 3 heterocycles. The SMILES string of the molecule is c1ccc2c(c1)CN1C3CCC(CC3)C1CN2. The molecular weight excluding hydrogens is 208 g/mol. The van der Waals surface area contributed by atoms with Crippen LogP contribution in [0.4, 0.5) is 5.69 Å². The van der Waals surface area contributed by atoms with Crippen LogP contribution in [0.3, 0.4) is 0 Å². The van der Waals surface area contributed by atoms with Gasteiger partial charge in [0.2, 0.25) is 0 Å². The molecule has 1 atom stereocenters. The highest BCUT2D eigenvalue weighted by atomic mass is 15.2. The maximum absolute atomic E-state index is 3.67. The molecule has 2 heteroatoms. The molecule has 0 spiro atoms. The van der Waals surface area contributed by atoms with Gasteiger partial charge in [-0.2, -0.15) is 0 Å². The van der Waals surface area contributed by atoms with E-state index < -0.39 is 0 Å². The molecule has 17 heavy (non-hydrogen) atoms. The largest absolute Gasteiger partial charge is 0.383 e. The fourth-order valence-corrected chi connectivity index (χ4v) is 4.13. The van der Waals surface area contributed by atoms with Gasteiger partial charge in [-0.15, -0.1) is 0 Å². The molecule has 0 amide bonds. The second kappa shape index (κ2) is 3.74. The summed E-state index contributed by atoms with van der Waals surface area (Å²) in [5.41, 5.74) is 2.85. The standard InChI is InChI=1S/C15H20N2/c1-2-4-14-12(3-1)10-17-13-7-5-11(6-8-13)15(17)9-16-14/h1-4,11,13,15-16H,5-10H2. The zero-order chi connectivity index (χ0) is 11.2. The normalized spacial score (nSPS) is 35.6. The van der Waals surface area contributed by atoms with Crippen molar-refractivity contribution in [1.29, 1.82) is 0 Å². The van der Waals surface area contributed by atoms with E-state index in [-0.39, 0.29) is 0 Å². The summed E-state index contributed by atoms with van der Waals surface area (Å²) in [5, 5.41) is 3.67. The molecule has 2 nitrogen and oxygen atoms in total. The lowest BCUT2D eigenvalue weighted by molar-refractivity contribution is -0.0101. The topological polar surface area (TPSA) is 15.3 Å². The first-order valence-corrected chi connectivity index (χ1v) is 6.99. The lowest BCUT2D eigenvalue weighted by Crippen LogP contribution is -2.56. The Balaban J connectivity index is 1.70. The molecule has 1 N–H and O–H groups in total. The Morgan fingerprint density at radius 1 is 1.06 bits per heavy atom. The van der Waals surface area contributed by atoms with Gasteiger partial charge in [0.1, 0.15) is 0 Å². The van der Waals surface area contributed by atoms with E-state index in [1.807, 2.05) is 0 Å². The molecule has 1 saturated carbocycles. The third-order valence-corrected chi connectivity index (χ3v) is 5.05. The fourth-order valence-electron chi connectivity index (χ4n) is 4.13. The summed E-state index contributed by atoms with van der Waals surface area (Å²) in [5.74, 6) is 0.946. The molecule has 5 rings (SSSR count). The first kappa shape index (κ1) is 9.95. The van der Waals surface area contributed by atoms with Gasteiger partial charge in [0.15, 0.2) is 0 Å². The number of nitrogens with one attached hydrogen (secondary N) is 1. The van der Waals surface area contributed by atoms with E-state index in [0.717, 1.165) is 31.1 Å². The molecule has 3 aliphatic heterocycles. The Hall–Kier alpha value is -1.02. The summed E-state index contributed by atoms with van der Waals surface area (Å²) in [6.07, 6.45) is 5.79. The van der Waals surface area contributed by atoms with Crippen molar-refractivity contribution in [1.82, 2.24) is 4.90 Å². The van der Waals surface area contributed by atoms with Crippen molar-refractivity contribution < 1.29 is 0 Å². The van der Waals surface area contributed by atoms with Crippen molar-refractivity contribution >= 4 is 5.69 Å². The van der Waals surface area contributed by atoms with Crippen LogP contribution in [-0.2, 0) is 6.54 Å². The molecule has 2 bridgehead atoms. The van der Waals surface area contributed by atoms with Gasteiger partial charge in [0.25, 0.3) is 0 Å². The number of hydrogen-bond donors (Lipinski definition) is 1. The van der Waals surface area contributed by atoms with Gasteiger partial charge in [-0.25, -0.2) is 0 Å². The Kier molecular flexibility index (Phi) is 2.19. The first-order chi connectivity index (χ1) is 8.42. The minimum atomic E-state index is 0.787. The number of fused-ring (bicyclic) bond motifs is 3. The Labute approximate surface area is 103 Å². The van der Waals surface area contributed by atoms with E-state index in [1.54, 1.807) is 0 Å². The molecule has 1 aromatic carbocycles. The summed E-state index contributed by atoms with van der Waals surface area (Å²) in [6.45, 7) is 2.31. The van der Waals surface area contributed by atoms with Crippen LogP contribution in [0.1, 0.15) is 31.2 Å². The molecule has 0 aromatic heterocycles. The average molecular weight is 228 g/mol. The van der Waals surface area contributed by atoms with Crippen molar-refractivity contribution in [2.45, 2.75) is 44.3 Å². The third kappa shape index (κ3) is 1.50. The molecule has 1 aliphatic carbocycles. The highest BCUT2D eigenvalue weighted by Crippen LogP contribution is 2.42. The van der Waals surface area contributed by atoms with Gasteiger partial charge in [-0.1, -0.05) is 18.2 Å². The number of rotatable bonds is 0. The highest BCUT2D eigenvalue weighted by molar-refractivity contribution is 5.52. The number of para-hydroxylation sites is 1. The van der Waals surface area contributed by atoms with Gasteiger partial charge in [-0.05, 0) is 43.2 Å². The van der Waals surface area contributed by atoms with Crippen LogP contribution in [0.2, 0.25) is 0 Å². The average Bonchev–Trinajstić information content (AvgIpc) is 2.60. The second-order valence-corrected chi connectivity index (χ2v) is 5.85. The number of anilines is 1. The lowest BCUT2D eigenvalue weighted by atomic mass is 9.74. The van der Waals surface area contributed by atoms with Crippen molar-refractivity contribution in [2.75, 3.05) is 11.9 Å². The molecule has 2 saturated heterocycles. The predicted octanol–water partition coefficient (Wildman–Crippen LogP) is 2.86. The minimum absolute atomic E-state index is 0.787. The summed E-state index contributed by atoms with van der Waals surface area (Å²) >= 11 is 0. The van der Waals surface area contributed by atoms with Crippen LogP contribution < -0.4 is 5.32 Å². The molecule has 1 aromatic rings. The van der Waals surface area contributed by atoms with Crippen LogP contribution in [0.25, 0.3) is 0 Å². The van der Waals surface area contributed by atoms with Crippen molar-refractivity contribution in [2.24, 2.45) is 5.92 Å². The maximum Gasteiger partial charge on any atom is 0.0386 e. The fraction of sp³-hybridized carbons (Fsp3) is 0.600. The van der Waals surface area contributed by atoms with Gasteiger partial charge in [-0.3, -0.25) is 4.90 Å². The molecule has 90 valence electrons. The smallest absolute Gasteiger partial charge is 0.0386 e. The number of hydrogen-bond acceptors (Lipinski definition) is 2. The van der Waals surface area contributed by atoms with Crippen molar-refractivity contribution in [3.63, 3.8) is 0 Å². The summed E-state index contributed by atoms with van der Waals surface area (Å²) in [7, 11) is 0. The maximum atomic E-state index is 3.67. The molecular formula is C15H20N2. The van der Waals surface area contributed by atoms with E-state index in [1.165, 1.54) is 36.9 Å². The highest BCUT2D eigenvalue weighted by Gasteiger charge is 2.42. The minimum Gasteiger partial charge on any atom is -0.383 e. The van der Waals surface area contributed by atoms with E-state index in [0.29, 0.717) is 0 Å². The zero-order valence-electron chi connectivity index (χ0n) is 10.2. The van der Waals surface area contributed by atoms with Crippen LogP contribution in [0.5, 0.6) is 0 Å². The van der Waals surface area contributed by atoms with E-state index in [9.17, 15) is 0 Å². The number of piperidine rings is 2. The van der Waals surface area contributed by atoms with Crippen LogP contribution in [-0.4, -0.2) is 23.5 Å². The Morgan fingerprint density at radius 3 is 2.76 bits per heavy atom. The van der Waals surface area contributed by atoms with Gasteiger partial charge in [0.05, 0.1) is 0 Å². The molecule has 0 radical (unpaired) electrons. The van der Waals surface area contributed by atoms with Crippen LogP contribution >= 0.6 is 0 Å². The monoisotopic (exact) mass is 228 g/mol. The van der Waals surface area contributed by atoms with Crippen molar-refractivity contribution in [3.8, 4) is 0 Å². The Bertz CT molecular complexity index is 421. The first-order valence-electron chi connectivity index (χ1n) is 6.99. The summed E-state index contributed by atoms with van der Waals surface area (Å²) in [4.78, 5) is 2.79. The van der Waals surface area contributed by atoms with Crippen LogP contribution in [0.15, 0.2) is 24.3 Å². The van der Waals surface area contributed by atoms with Crippen LogP contribution in [0, 0.1) is 5.92 Å². The van der Waals surface area contributed by atoms with E-state index >= 15 is 0 Å². The summed E-state index contributed by atoms with van der Waals surface area (Å²) < 4.78 is 0. The molecule has 3 fully saturated rings. The van der Waals surface area contributed by atoms with Gasteiger partial charge >= 0.3 is 0 Å². The van der Waals surface area contributed by atoms with Gasteiger partial charge < -0.3 is 5.32 Å². The van der Waals surface area contributed by atoms with E-state index in [4.69, 9.17) is 0 Å². The van der Waals surface area contributed by atoms with Gasteiger partial charge in [0, 0.05) is 30.9 Å². The quantitative estimate of drug-likeness (QED) is 0.734. The second-order valence-electron chi connectivity index (χ2n) is 5.85. The predicted molar refractivity (Wildman–Crippen MR) is 70.0 cm³/mol. The number of benzene rings is 1.